The fourth-order valence-corrected chi connectivity index (χ4v) is 4.09. The van der Waals surface area contributed by atoms with Crippen LogP contribution in [0.4, 0.5) is 10.8 Å². The first-order valence-electron chi connectivity index (χ1n) is 5.83. The number of anilines is 2. The Labute approximate surface area is 137 Å². The van der Waals surface area contributed by atoms with E-state index in [2.05, 4.69) is 31.4 Å². The minimum Gasteiger partial charge on any atom is -0.353 e. The van der Waals surface area contributed by atoms with E-state index < -0.39 is 11.7 Å². The van der Waals surface area contributed by atoms with Gasteiger partial charge in [0.15, 0.2) is 4.34 Å². The van der Waals surface area contributed by atoms with Crippen molar-refractivity contribution in [3.63, 3.8) is 0 Å². The number of carbonyl (C=O) groups is 2. The van der Waals surface area contributed by atoms with Gasteiger partial charge in [0.25, 0.3) is 11.7 Å². The summed E-state index contributed by atoms with van der Waals surface area (Å²) in [5.74, 6) is -1.10. The fourth-order valence-electron chi connectivity index (χ4n) is 1.74. The van der Waals surface area contributed by atoms with Crippen molar-refractivity contribution in [3.8, 4) is 0 Å². The molecule has 0 spiro atoms. The second-order valence-corrected chi connectivity index (χ2v) is 7.56. The maximum atomic E-state index is 11.6. The predicted molar refractivity (Wildman–Crippen MR) is 85.5 cm³/mol. The van der Waals surface area contributed by atoms with Crippen LogP contribution < -0.4 is 10.2 Å². The summed E-state index contributed by atoms with van der Waals surface area (Å²) in [7, 11) is 3.81. The lowest BCUT2D eigenvalue weighted by atomic mass is 10.1. The van der Waals surface area contributed by atoms with Crippen LogP contribution in [0.25, 0.3) is 0 Å². The molecule has 1 N–H and O–H groups in total. The van der Waals surface area contributed by atoms with Crippen LogP contribution in [0.1, 0.15) is 10.4 Å². The van der Waals surface area contributed by atoms with Crippen molar-refractivity contribution in [2.45, 2.75) is 9.24 Å². The number of nitrogens with zero attached hydrogens (tertiary/aromatic N) is 3. The Kier molecular flexibility index (Phi) is 3.72. The summed E-state index contributed by atoms with van der Waals surface area (Å²) in [6.07, 6.45) is 0. The molecule has 0 fully saturated rings. The first-order valence-corrected chi connectivity index (χ1v) is 8.26. The van der Waals surface area contributed by atoms with Gasteiger partial charge in [-0.05, 0) is 28.1 Å². The molecule has 0 aliphatic carbocycles. The van der Waals surface area contributed by atoms with Crippen molar-refractivity contribution < 1.29 is 9.59 Å². The van der Waals surface area contributed by atoms with Crippen LogP contribution in [0, 0.1) is 0 Å². The highest BCUT2D eigenvalue weighted by molar-refractivity contribution is 9.10. The monoisotopic (exact) mass is 384 g/mol. The number of hydrogen-bond donors (Lipinski definition) is 1. The number of rotatable bonds is 3. The van der Waals surface area contributed by atoms with E-state index in [1.54, 1.807) is 12.1 Å². The maximum absolute atomic E-state index is 11.6. The van der Waals surface area contributed by atoms with Gasteiger partial charge in [-0.3, -0.25) is 9.59 Å². The molecule has 1 aromatic carbocycles. The molecule has 0 radical (unpaired) electrons. The molecule has 9 heteroatoms. The highest BCUT2D eigenvalue weighted by Gasteiger charge is 2.29. The Morgan fingerprint density at radius 2 is 2.05 bits per heavy atom. The van der Waals surface area contributed by atoms with E-state index in [1.165, 1.54) is 23.1 Å². The zero-order valence-corrected chi connectivity index (χ0v) is 14.2. The number of halogens is 1. The van der Waals surface area contributed by atoms with E-state index in [1.807, 2.05) is 19.0 Å². The lowest BCUT2D eigenvalue weighted by molar-refractivity contribution is -0.112. The quantitative estimate of drug-likeness (QED) is 0.819. The Morgan fingerprint density at radius 3 is 2.71 bits per heavy atom. The summed E-state index contributed by atoms with van der Waals surface area (Å²) in [6.45, 7) is 0. The van der Waals surface area contributed by atoms with Crippen molar-refractivity contribution in [2.24, 2.45) is 0 Å². The molecule has 2 aromatic rings. The molecule has 0 atom stereocenters. The highest BCUT2D eigenvalue weighted by Crippen LogP contribution is 2.40. The van der Waals surface area contributed by atoms with Gasteiger partial charge in [0, 0.05) is 23.5 Å². The van der Waals surface area contributed by atoms with E-state index in [0.29, 0.717) is 11.3 Å². The van der Waals surface area contributed by atoms with E-state index >= 15 is 0 Å². The van der Waals surface area contributed by atoms with Crippen molar-refractivity contribution in [1.29, 1.82) is 0 Å². The number of ketones is 1. The standard InChI is InChI=1S/C12H9BrN4O2S2/c1-17(2)11-15-16-12(21-11)20-8-4-7-5(3-6(8)13)9(18)10(19)14-7/h3-4H,1-2H3,(H,14,18,19). The third-order valence-electron chi connectivity index (χ3n) is 2.75. The minimum absolute atomic E-state index is 0.391. The zero-order chi connectivity index (χ0) is 15.1. The SMILES string of the molecule is CN(C)c1nnc(Sc2cc3c(cc2Br)C(=O)C(=O)N3)s1. The van der Waals surface area contributed by atoms with Crippen LogP contribution in [0.15, 0.2) is 25.8 Å². The Hall–Kier alpha value is -1.45. The second kappa shape index (κ2) is 5.39. The number of hydrogen-bond acceptors (Lipinski definition) is 7. The molecule has 108 valence electrons. The van der Waals surface area contributed by atoms with Gasteiger partial charge < -0.3 is 10.2 Å². The Morgan fingerprint density at radius 1 is 1.29 bits per heavy atom. The van der Waals surface area contributed by atoms with E-state index in [0.717, 1.165) is 18.8 Å². The zero-order valence-electron chi connectivity index (χ0n) is 11.0. The third-order valence-corrected chi connectivity index (χ3v) is 5.86. The van der Waals surface area contributed by atoms with Crippen molar-refractivity contribution in [3.05, 3.63) is 22.2 Å². The molecule has 3 rings (SSSR count). The molecule has 0 bridgehead atoms. The van der Waals surface area contributed by atoms with Gasteiger partial charge in [0.2, 0.25) is 5.13 Å². The molecule has 21 heavy (non-hydrogen) atoms. The van der Waals surface area contributed by atoms with Gasteiger partial charge in [0.1, 0.15) is 0 Å². The number of carbonyl (C=O) groups excluding carboxylic acids is 2. The molecule has 6 nitrogen and oxygen atoms in total. The van der Waals surface area contributed by atoms with Crippen LogP contribution in [0.2, 0.25) is 0 Å². The summed E-state index contributed by atoms with van der Waals surface area (Å²) < 4.78 is 1.53. The topological polar surface area (TPSA) is 75.2 Å². The first kappa shape index (κ1) is 14.5. The average Bonchev–Trinajstić information content (AvgIpc) is 2.99. The summed E-state index contributed by atoms with van der Waals surface area (Å²) in [4.78, 5) is 25.8. The van der Waals surface area contributed by atoms with Gasteiger partial charge in [-0.2, -0.15) is 0 Å². The van der Waals surface area contributed by atoms with Crippen LogP contribution in [0.3, 0.4) is 0 Å². The molecule has 0 unspecified atom stereocenters. The molecule has 1 aromatic heterocycles. The minimum atomic E-state index is -0.593. The average molecular weight is 385 g/mol. The Balaban J connectivity index is 1.91. The van der Waals surface area contributed by atoms with E-state index in [4.69, 9.17) is 0 Å². The van der Waals surface area contributed by atoms with Crippen molar-refractivity contribution in [1.82, 2.24) is 10.2 Å². The fraction of sp³-hybridized carbons (Fsp3) is 0.167. The van der Waals surface area contributed by atoms with E-state index in [-0.39, 0.29) is 0 Å². The number of fused-ring (bicyclic) bond motifs is 1. The summed E-state index contributed by atoms with van der Waals surface area (Å²) >= 11 is 6.32. The number of nitrogens with one attached hydrogen (secondary N) is 1. The molecule has 1 aliphatic heterocycles. The van der Waals surface area contributed by atoms with Gasteiger partial charge in [-0.1, -0.05) is 23.1 Å². The van der Waals surface area contributed by atoms with Crippen molar-refractivity contribution >= 4 is 61.5 Å². The lowest BCUT2D eigenvalue weighted by Gasteiger charge is -2.05. The van der Waals surface area contributed by atoms with Gasteiger partial charge >= 0.3 is 0 Å². The van der Waals surface area contributed by atoms with Gasteiger partial charge in [-0.25, -0.2) is 0 Å². The van der Waals surface area contributed by atoms with Crippen molar-refractivity contribution in [2.75, 3.05) is 24.3 Å². The number of Topliss-reactive ketones (excluding diaryl/α,β-unsaturated/α-hetero) is 1. The van der Waals surface area contributed by atoms with Crippen LogP contribution in [-0.2, 0) is 4.79 Å². The van der Waals surface area contributed by atoms with Gasteiger partial charge in [-0.15, -0.1) is 10.2 Å². The number of benzene rings is 1. The summed E-state index contributed by atoms with van der Waals surface area (Å²) in [5.41, 5.74) is 0.926. The molecule has 1 aliphatic rings. The maximum Gasteiger partial charge on any atom is 0.296 e. The normalized spacial score (nSPS) is 13.3. The van der Waals surface area contributed by atoms with Crippen LogP contribution in [0.5, 0.6) is 0 Å². The van der Waals surface area contributed by atoms with Gasteiger partial charge in [0.05, 0.1) is 11.3 Å². The highest BCUT2D eigenvalue weighted by atomic mass is 79.9. The Bertz CT molecular complexity index is 760. The number of amides is 1. The lowest BCUT2D eigenvalue weighted by Crippen LogP contribution is -2.12. The second-order valence-electron chi connectivity index (χ2n) is 4.46. The molecule has 0 saturated carbocycles. The van der Waals surface area contributed by atoms with E-state index in [9.17, 15) is 9.59 Å². The molecule has 2 heterocycles. The number of aromatic nitrogens is 2. The van der Waals surface area contributed by atoms with Crippen LogP contribution >= 0.6 is 39.0 Å². The molecular weight excluding hydrogens is 376 g/mol. The third kappa shape index (κ3) is 2.68. The largest absolute Gasteiger partial charge is 0.353 e. The predicted octanol–water partition coefficient (Wildman–Crippen LogP) is 2.65. The summed E-state index contributed by atoms with van der Waals surface area (Å²) in [6, 6.07) is 3.43. The first-order chi connectivity index (χ1) is 9.95. The summed E-state index contributed by atoms with van der Waals surface area (Å²) in [5, 5.41) is 11.6. The molecular formula is C12H9BrN4O2S2. The smallest absolute Gasteiger partial charge is 0.296 e. The van der Waals surface area contributed by atoms with Crippen LogP contribution in [-0.4, -0.2) is 36.0 Å². The molecule has 0 saturated heterocycles. The molecule has 1 amide bonds.